The second-order valence-electron chi connectivity index (χ2n) is 5.01. The molecule has 0 saturated carbocycles. The average molecular weight is 344 g/mol. The molecule has 0 bridgehead atoms. The molecule has 1 aromatic rings. The molecule has 0 aliphatic carbocycles. The maximum absolute atomic E-state index is 12.8. The van der Waals surface area contributed by atoms with Gasteiger partial charge in [0.15, 0.2) is 0 Å². The molecule has 1 rings (SSSR count). The normalized spacial score (nSPS) is 11.5. The highest BCUT2D eigenvalue weighted by atomic mass is 32.2. The lowest BCUT2D eigenvalue weighted by atomic mass is 10.2. The maximum Gasteiger partial charge on any atom is 0.247 e. The molecule has 130 valence electrons. The summed E-state index contributed by atoms with van der Waals surface area (Å²) in [6.07, 6.45) is 0.427. The van der Waals surface area contributed by atoms with Crippen molar-refractivity contribution >= 4 is 15.9 Å². The summed E-state index contributed by atoms with van der Waals surface area (Å²) in [7, 11) is -2.44. The number of aliphatic hydroxyl groups excluding tert-OH is 1. The molecular weight excluding hydrogens is 320 g/mol. The van der Waals surface area contributed by atoms with Crippen LogP contribution in [0.4, 0.5) is 0 Å². The van der Waals surface area contributed by atoms with E-state index < -0.39 is 15.9 Å². The van der Waals surface area contributed by atoms with Crippen molar-refractivity contribution in [3.63, 3.8) is 0 Å². The maximum atomic E-state index is 12.8. The Bertz CT molecular complexity index is 631. The number of carbonyl (C=O) groups is 1. The predicted molar refractivity (Wildman–Crippen MR) is 86.9 cm³/mol. The van der Waals surface area contributed by atoms with Crippen LogP contribution >= 0.6 is 0 Å². The zero-order valence-electron chi connectivity index (χ0n) is 13.7. The topological polar surface area (TPSA) is 95.9 Å². The van der Waals surface area contributed by atoms with Crippen LogP contribution in [0, 0.1) is 6.92 Å². The van der Waals surface area contributed by atoms with Gasteiger partial charge in [0.25, 0.3) is 0 Å². The number of likely N-dealkylation sites (N-methyl/N-ethyl adjacent to an activating group) is 1. The summed E-state index contributed by atoms with van der Waals surface area (Å²) in [4.78, 5) is 11.9. The number of hydrogen-bond donors (Lipinski definition) is 2. The van der Waals surface area contributed by atoms with E-state index >= 15 is 0 Å². The van der Waals surface area contributed by atoms with E-state index in [2.05, 4.69) is 5.32 Å². The Morgan fingerprint density at radius 3 is 2.65 bits per heavy atom. The lowest BCUT2D eigenvalue weighted by Gasteiger charge is -2.21. The Hall–Kier alpha value is -1.64. The fourth-order valence-corrected chi connectivity index (χ4v) is 3.66. The second kappa shape index (κ2) is 8.85. The van der Waals surface area contributed by atoms with Gasteiger partial charge in [0.05, 0.1) is 13.7 Å². The van der Waals surface area contributed by atoms with Crippen LogP contribution in [0.25, 0.3) is 0 Å². The molecule has 23 heavy (non-hydrogen) atoms. The SMILES string of the molecule is CCN(CC(=O)NCCCO)S(=O)(=O)c1cc(C)ccc1OC. The lowest BCUT2D eigenvalue weighted by Crippen LogP contribution is -2.41. The van der Waals surface area contributed by atoms with Crippen molar-refractivity contribution in [1.29, 1.82) is 0 Å². The molecule has 0 spiro atoms. The number of ether oxygens (including phenoxy) is 1. The highest BCUT2D eigenvalue weighted by Crippen LogP contribution is 2.27. The monoisotopic (exact) mass is 344 g/mol. The number of aryl methyl sites for hydroxylation is 1. The molecule has 1 amide bonds. The third kappa shape index (κ3) is 5.19. The van der Waals surface area contributed by atoms with Crippen LogP contribution in [0.15, 0.2) is 23.1 Å². The average Bonchev–Trinajstić information content (AvgIpc) is 2.52. The van der Waals surface area contributed by atoms with Gasteiger partial charge in [-0.1, -0.05) is 13.0 Å². The summed E-state index contributed by atoms with van der Waals surface area (Å²) in [5.41, 5.74) is 0.785. The first-order valence-electron chi connectivity index (χ1n) is 7.39. The summed E-state index contributed by atoms with van der Waals surface area (Å²) < 4.78 is 31.8. The fourth-order valence-electron chi connectivity index (χ4n) is 2.01. The van der Waals surface area contributed by atoms with Crippen molar-refractivity contribution in [2.24, 2.45) is 0 Å². The number of carbonyl (C=O) groups excluding carboxylic acids is 1. The number of rotatable bonds is 9. The van der Waals surface area contributed by atoms with Gasteiger partial charge in [-0.05, 0) is 31.0 Å². The first kappa shape index (κ1) is 19.4. The van der Waals surface area contributed by atoms with Crippen molar-refractivity contribution in [2.45, 2.75) is 25.2 Å². The van der Waals surface area contributed by atoms with Crippen LogP contribution in [0.5, 0.6) is 5.75 Å². The summed E-state index contributed by atoms with van der Waals surface area (Å²) in [5, 5.41) is 11.3. The summed E-state index contributed by atoms with van der Waals surface area (Å²) in [6, 6.07) is 4.88. The van der Waals surface area contributed by atoms with Crippen molar-refractivity contribution in [1.82, 2.24) is 9.62 Å². The molecule has 7 nitrogen and oxygen atoms in total. The van der Waals surface area contributed by atoms with Gasteiger partial charge in [-0.2, -0.15) is 4.31 Å². The number of aliphatic hydroxyl groups is 1. The Morgan fingerprint density at radius 2 is 2.09 bits per heavy atom. The van der Waals surface area contributed by atoms with E-state index in [1.807, 2.05) is 0 Å². The van der Waals surface area contributed by atoms with Crippen molar-refractivity contribution in [3.05, 3.63) is 23.8 Å². The molecule has 0 atom stereocenters. The van der Waals surface area contributed by atoms with Crippen LogP contribution in [-0.2, 0) is 14.8 Å². The van der Waals surface area contributed by atoms with Crippen LogP contribution in [-0.4, -0.2) is 57.1 Å². The van der Waals surface area contributed by atoms with Crippen molar-refractivity contribution in [2.75, 3.05) is 33.4 Å². The van der Waals surface area contributed by atoms with Gasteiger partial charge in [0.1, 0.15) is 10.6 Å². The van der Waals surface area contributed by atoms with Gasteiger partial charge < -0.3 is 15.2 Å². The van der Waals surface area contributed by atoms with Crippen LogP contribution in [0.2, 0.25) is 0 Å². The molecule has 0 aliphatic heterocycles. The third-order valence-corrected chi connectivity index (χ3v) is 5.21. The minimum Gasteiger partial charge on any atom is -0.495 e. The Balaban J connectivity index is 2.99. The molecule has 0 saturated heterocycles. The Morgan fingerprint density at radius 1 is 1.39 bits per heavy atom. The molecular formula is C15H24N2O5S. The van der Waals surface area contributed by atoms with Crippen LogP contribution in [0.1, 0.15) is 18.9 Å². The molecule has 2 N–H and O–H groups in total. The van der Waals surface area contributed by atoms with Gasteiger partial charge in [0, 0.05) is 19.7 Å². The smallest absolute Gasteiger partial charge is 0.247 e. The van der Waals surface area contributed by atoms with Crippen molar-refractivity contribution < 1.29 is 23.1 Å². The van der Waals surface area contributed by atoms with E-state index in [0.717, 1.165) is 9.87 Å². The molecule has 0 aromatic heterocycles. The zero-order valence-corrected chi connectivity index (χ0v) is 14.5. The largest absolute Gasteiger partial charge is 0.495 e. The Labute approximate surface area is 137 Å². The number of benzene rings is 1. The summed E-state index contributed by atoms with van der Waals surface area (Å²) in [5.74, 6) is -0.162. The molecule has 1 aromatic carbocycles. The predicted octanol–water partition coefficient (Wildman–Crippen LogP) is 0.513. The highest BCUT2D eigenvalue weighted by Gasteiger charge is 2.28. The number of methoxy groups -OCH3 is 1. The number of nitrogens with one attached hydrogen (secondary N) is 1. The van der Waals surface area contributed by atoms with Gasteiger partial charge in [0.2, 0.25) is 15.9 Å². The standard InChI is InChI=1S/C15H24N2O5S/c1-4-17(11-15(19)16-8-5-9-18)23(20,21)14-10-12(2)6-7-13(14)22-3/h6-7,10,18H,4-5,8-9,11H2,1-3H3,(H,16,19). The molecule has 0 unspecified atom stereocenters. The van der Waals surface area contributed by atoms with E-state index in [9.17, 15) is 13.2 Å². The van der Waals surface area contributed by atoms with Crippen molar-refractivity contribution in [3.8, 4) is 5.75 Å². The van der Waals surface area contributed by atoms with Gasteiger partial charge in [-0.15, -0.1) is 0 Å². The molecule has 0 fully saturated rings. The minimum atomic E-state index is -3.84. The number of nitrogens with zero attached hydrogens (tertiary/aromatic N) is 1. The van der Waals surface area contributed by atoms with Gasteiger partial charge in [-0.25, -0.2) is 8.42 Å². The third-order valence-electron chi connectivity index (χ3n) is 3.27. The van der Waals surface area contributed by atoms with E-state index in [1.165, 1.54) is 13.2 Å². The summed E-state index contributed by atoms with van der Waals surface area (Å²) >= 11 is 0. The zero-order chi connectivity index (χ0) is 17.5. The van der Waals surface area contributed by atoms with Gasteiger partial charge >= 0.3 is 0 Å². The fraction of sp³-hybridized carbons (Fsp3) is 0.533. The van der Waals surface area contributed by atoms with E-state index in [0.29, 0.717) is 13.0 Å². The molecule has 0 aliphatic rings. The number of hydrogen-bond acceptors (Lipinski definition) is 5. The quantitative estimate of drug-likeness (QED) is 0.637. The van der Waals surface area contributed by atoms with E-state index in [4.69, 9.17) is 9.84 Å². The highest BCUT2D eigenvalue weighted by molar-refractivity contribution is 7.89. The second-order valence-corrected chi connectivity index (χ2v) is 6.92. The van der Waals surface area contributed by atoms with Crippen LogP contribution in [0.3, 0.4) is 0 Å². The first-order chi connectivity index (χ1) is 10.9. The minimum absolute atomic E-state index is 0.0312. The molecule has 0 radical (unpaired) electrons. The molecule has 0 heterocycles. The number of sulfonamides is 1. The van der Waals surface area contributed by atoms with Crippen LogP contribution < -0.4 is 10.1 Å². The number of amides is 1. The Kier molecular flexibility index (Phi) is 7.47. The van der Waals surface area contributed by atoms with E-state index in [-0.39, 0.29) is 30.3 Å². The summed E-state index contributed by atoms with van der Waals surface area (Å²) in [6.45, 7) is 3.61. The first-order valence-corrected chi connectivity index (χ1v) is 8.83. The van der Waals surface area contributed by atoms with Gasteiger partial charge in [-0.3, -0.25) is 4.79 Å². The molecule has 8 heteroatoms. The van der Waals surface area contributed by atoms with E-state index in [1.54, 1.807) is 26.0 Å². The lowest BCUT2D eigenvalue weighted by molar-refractivity contribution is -0.121.